The molecule has 0 aliphatic heterocycles. The molecule has 0 unspecified atom stereocenters. The van der Waals surface area contributed by atoms with Crippen LogP contribution in [0.1, 0.15) is 52.4 Å². The van der Waals surface area contributed by atoms with Crippen molar-refractivity contribution in [2.75, 3.05) is 5.32 Å². The molecule has 2 aromatic heterocycles. The number of rotatable bonds is 8. The average Bonchev–Trinajstić information content (AvgIpc) is 3.54. The molecule has 0 saturated heterocycles. The Labute approximate surface area is 264 Å². The fourth-order valence-corrected chi connectivity index (χ4v) is 5.38. The molecule has 3 amide bonds. The molecule has 1 aromatic carbocycles. The van der Waals surface area contributed by atoms with Gasteiger partial charge in [0.2, 0.25) is 5.91 Å². The summed E-state index contributed by atoms with van der Waals surface area (Å²) in [6.07, 6.45) is -0.0498. The van der Waals surface area contributed by atoms with E-state index in [0.717, 1.165) is 17.1 Å². The summed E-state index contributed by atoms with van der Waals surface area (Å²) in [5.74, 6) is -1.37. The number of amides is 3. The number of halogens is 4. The van der Waals surface area contributed by atoms with Crippen LogP contribution >= 0.6 is 11.6 Å². The zero-order valence-electron chi connectivity index (χ0n) is 24.2. The van der Waals surface area contributed by atoms with Crippen LogP contribution in [0.2, 0.25) is 5.02 Å². The molecule has 5 rings (SSSR count). The van der Waals surface area contributed by atoms with Crippen LogP contribution in [0.3, 0.4) is 0 Å². The fourth-order valence-electron chi connectivity index (χ4n) is 5.12. The van der Waals surface area contributed by atoms with E-state index < -0.39 is 30.2 Å². The van der Waals surface area contributed by atoms with Gasteiger partial charge in [-0.25, -0.2) is 4.98 Å². The van der Waals surface area contributed by atoms with Gasteiger partial charge in [-0.15, -0.1) is 0 Å². The zero-order valence-corrected chi connectivity index (χ0v) is 25.0. The number of nitrogens with zero attached hydrogens (tertiary/aromatic N) is 5. The third-order valence-corrected chi connectivity index (χ3v) is 7.88. The molecule has 0 bridgehead atoms. The smallest absolute Gasteiger partial charge is 0.435 e. The van der Waals surface area contributed by atoms with Gasteiger partial charge < -0.3 is 31.4 Å². The van der Waals surface area contributed by atoms with Gasteiger partial charge in [0.1, 0.15) is 6.54 Å². The number of carbonyl (C=O) groups is 4. The number of hydrogen-bond acceptors (Lipinski definition) is 8. The lowest BCUT2D eigenvalue weighted by molar-refractivity contribution is -0.141. The maximum Gasteiger partial charge on any atom is 0.435 e. The summed E-state index contributed by atoms with van der Waals surface area (Å²) in [4.78, 5) is 50.2. The van der Waals surface area contributed by atoms with Crippen LogP contribution in [-0.4, -0.2) is 66.8 Å². The molecule has 14 nitrogen and oxygen atoms in total. The van der Waals surface area contributed by atoms with Gasteiger partial charge in [-0.05, 0) is 43.9 Å². The number of carboxylic acid groups (broad SMARTS) is 1. The van der Waals surface area contributed by atoms with Crippen molar-refractivity contribution < 1.29 is 37.5 Å². The molecule has 18 heteroatoms. The second-order valence-electron chi connectivity index (χ2n) is 10.8. The first-order chi connectivity index (χ1) is 21.7. The number of anilines is 1. The third kappa shape index (κ3) is 7.64. The highest BCUT2D eigenvalue weighted by Gasteiger charge is 2.39. The highest BCUT2D eigenvalue weighted by Crippen LogP contribution is 2.36. The lowest BCUT2D eigenvalue weighted by Crippen LogP contribution is -2.56. The topological polar surface area (TPSA) is 210 Å². The summed E-state index contributed by atoms with van der Waals surface area (Å²) in [6, 6.07) is 5.96. The number of nitrogens with one attached hydrogen (secondary N) is 3. The van der Waals surface area contributed by atoms with E-state index in [0.29, 0.717) is 25.7 Å². The third-order valence-electron chi connectivity index (χ3n) is 7.57. The molecule has 2 heterocycles. The van der Waals surface area contributed by atoms with E-state index in [4.69, 9.17) is 32.5 Å². The largest absolute Gasteiger partial charge is 0.483 e. The lowest BCUT2D eigenvalue weighted by Gasteiger charge is -2.39. The molecule has 2 fully saturated rings. The van der Waals surface area contributed by atoms with Crippen molar-refractivity contribution in [1.29, 1.82) is 5.26 Å². The van der Waals surface area contributed by atoms with Crippen molar-refractivity contribution in [2.24, 2.45) is 18.7 Å². The predicted octanol–water partition coefficient (Wildman–Crippen LogP) is 2.55. The van der Waals surface area contributed by atoms with Gasteiger partial charge in [0.25, 0.3) is 18.3 Å². The molecule has 0 radical (unpaired) electrons. The molecule has 2 aliphatic rings. The quantitative estimate of drug-likeness (QED) is 0.224. The first-order valence-electron chi connectivity index (χ1n) is 13.8. The second-order valence-corrected chi connectivity index (χ2v) is 11.2. The maximum absolute atomic E-state index is 13.6. The Balaban J connectivity index is 0.00000154. The van der Waals surface area contributed by atoms with Gasteiger partial charge >= 0.3 is 6.18 Å². The number of nitriles is 1. The minimum Gasteiger partial charge on any atom is -0.483 e. The molecule has 6 N–H and O–H groups in total. The maximum atomic E-state index is 13.6. The highest BCUT2D eigenvalue weighted by molar-refractivity contribution is 6.34. The van der Waals surface area contributed by atoms with Crippen molar-refractivity contribution in [1.82, 2.24) is 30.0 Å². The summed E-state index contributed by atoms with van der Waals surface area (Å²) in [7, 11) is 1.37. The van der Waals surface area contributed by atoms with Crippen LogP contribution in [0.15, 0.2) is 30.6 Å². The standard InChI is InChI=1S/C27H27ClF3N9O3.CH2O2/c1-39-21(19-12-40(5-4-32)38-22(19)27(29,30)31)11-34-23(39)26(43)35-15-2-3-18(20(28)10-15)25(42)37-17-8-16(9-17)36-24(41)13-6-14(33)7-13;2-1-3/h2-3,10-14,16-17H,5-9,33H2,1H3,(H,35,43)(H,36,41)(H,37,42);1H,(H,2,3). The van der Waals surface area contributed by atoms with Crippen LogP contribution < -0.4 is 21.7 Å². The second kappa shape index (κ2) is 14.0. The first-order valence-corrected chi connectivity index (χ1v) is 14.2. The number of benzene rings is 1. The van der Waals surface area contributed by atoms with E-state index in [1.54, 1.807) is 6.07 Å². The Bertz CT molecular complexity index is 1670. The van der Waals surface area contributed by atoms with E-state index in [9.17, 15) is 27.6 Å². The van der Waals surface area contributed by atoms with Crippen molar-refractivity contribution in [3.05, 3.63) is 52.7 Å². The summed E-state index contributed by atoms with van der Waals surface area (Å²) in [5, 5.41) is 27.7. The predicted molar refractivity (Wildman–Crippen MR) is 156 cm³/mol. The Hall–Kier alpha value is -4.95. The van der Waals surface area contributed by atoms with E-state index in [1.807, 2.05) is 0 Å². The Morgan fingerprint density at radius 1 is 1.17 bits per heavy atom. The van der Waals surface area contributed by atoms with Crippen LogP contribution in [0.25, 0.3) is 11.3 Å². The number of alkyl halides is 3. The number of carbonyl (C=O) groups excluding carboxylic acids is 3. The monoisotopic (exact) mass is 663 g/mol. The Morgan fingerprint density at radius 2 is 1.83 bits per heavy atom. The molecule has 0 atom stereocenters. The normalized spacial score (nSPS) is 20.1. The SMILES string of the molecule is Cn1c(-c2cn(CC#N)nc2C(F)(F)F)cnc1C(=O)Nc1ccc(C(=O)NC2CC(NC(=O)C3CC(N)C3)C2)c(Cl)c1.O=CO. The first kappa shape index (κ1) is 33.9. The molecular weight excluding hydrogens is 635 g/mol. The van der Waals surface area contributed by atoms with Crippen LogP contribution in [0.5, 0.6) is 0 Å². The number of hydrogen-bond donors (Lipinski definition) is 5. The number of nitrogens with two attached hydrogens (primary N) is 1. The van der Waals surface area contributed by atoms with Gasteiger partial charge in [-0.3, -0.25) is 23.9 Å². The van der Waals surface area contributed by atoms with Crippen molar-refractivity contribution in [3.63, 3.8) is 0 Å². The van der Waals surface area contributed by atoms with Gasteiger partial charge in [0.15, 0.2) is 11.5 Å². The van der Waals surface area contributed by atoms with Gasteiger partial charge in [0, 0.05) is 43.0 Å². The van der Waals surface area contributed by atoms with Gasteiger partial charge in [-0.2, -0.15) is 23.5 Å². The van der Waals surface area contributed by atoms with E-state index in [1.165, 1.54) is 29.8 Å². The molecule has 0 spiro atoms. The summed E-state index contributed by atoms with van der Waals surface area (Å²) >= 11 is 6.33. The van der Waals surface area contributed by atoms with Crippen LogP contribution in [0.4, 0.5) is 18.9 Å². The van der Waals surface area contributed by atoms with E-state index in [-0.39, 0.29) is 69.8 Å². The van der Waals surface area contributed by atoms with E-state index in [2.05, 4.69) is 26.0 Å². The van der Waals surface area contributed by atoms with Crippen molar-refractivity contribution in [3.8, 4) is 17.3 Å². The number of aromatic nitrogens is 4. The summed E-state index contributed by atoms with van der Waals surface area (Å²) in [5.41, 5.74) is 4.58. The van der Waals surface area contributed by atoms with Crippen molar-refractivity contribution >= 4 is 41.5 Å². The molecule has 244 valence electrons. The van der Waals surface area contributed by atoms with E-state index >= 15 is 0 Å². The Kier molecular flexibility index (Phi) is 10.3. The summed E-state index contributed by atoms with van der Waals surface area (Å²) in [6.45, 7) is -0.640. The van der Waals surface area contributed by atoms with Crippen LogP contribution in [0, 0.1) is 17.2 Å². The highest BCUT2D eigenvalue weighted by atomic mass is 35.5. The molecule has 2 aliphatic carbocycles. The molecular formula is C28H29ClF3N9O5. The molecule has 2 saturated carbocycles. The average molecular weight is 664 g/mol. The minimum atomic E-state index is -4.80. The van der Waals surface area contributed by atoms with Gasteiger partial charge in [0.05, 0.1) is 34.1 Å². The van der Waals surface area contributed by atoms with Crippen LogP contribution in [-0.2, 0) is 29.4 Å². The Morgan fingerprint density at radius 3 is 2.41 bits per heavy atom. The summed E-state index contributed by atoms with van der Waals surface area (Å²) < 4.78 is 42.8. The lowest BCUT2D eigenvalue weighted by atomic mass is 9.79. The fraction of sp³-hybridized carbons (Fsp3) is 0.393. The molecule has 46 heavy (non-hydrogen) atoms. The minimum absolute atomic E-state index is 0.00306. The van der Waals surface area contributed by atoms with Gasteiger partial charge in [-0.1, -0.05) is 11.6 Å². The molecule has 3 aromatic rings. The number of imidazole rings is 1. The van der Waals surface area contributed by atoms with Crippen molar-refractivity contribution in [2.45, 2.75) is 56.5 Å². The zero-order chi connectivity index (χ0) is 33.8.